The van der Waals surface area contributed by atoms with E-state index in [1.165, 1.54) is 32.6 Å². The summed E-state index contributed by atoms with van der Waals surface area (Å²) in [6.07, 6.45) is 1.28. The minimum absolute atomic E-state index is 0.702. The molecule has 1 N–H and O–H groups in total. The summed E-state index contributed by atoms with van der Waals surface area (Å²) >= 11 is 0. The Morgan fingerprint density at radius 2 is 1.94 bits per heavy atom. The predicted octanol–water partition coefficient (Wildman–Crippen LogP) is 0.639. The van der Waals surface area contributed by atoms with Gasteiger partial charge in [0.05, 0.1) is 13.2 Å². The molecule has 0 aromatic carbocycles. The van der Waals surface area contributed by atoms with Crippen molar-refractivity contribution in [3.05, 3.63) is 0 Å². The van der Waals surface area contributed by atoms with E-state index in [1.807, 2.05) is 0 Å². The van der Waals surface area contributed by atoms with Gasteiger partial charge in [0.2, 0.25) is 0 Å². The van der Waals surface area contributed by atoms with E-state index in [4.69, 9.17) is 4.74 Å². The van der Waals surface area contributed by atoms with E-state index in [2.05, 4.69) is 29.0 Å². The van der Waals surface area contributed by atoms with Crippen molar-refractivity contribution in [2.45, 2.75) is 26.3 Å². The minimum atomic E-state index is 0.702. The fourth-order valence-electron chi connectivity index (χ4n) is 2.98. The molecular weight excluding hydrogens is 226 g/mol. The van der Waals surface area contributed by atoms with Gasteiger partial charge in [0.15, 0.2) is 0 Å². The van der Waals surface area contributed by atoms with Crippen molar-refractivity contribution < 1.29 is 4.74 Å². The first kappa shape index (κ1) is 14.3. The molecule has 0 spiro atoms. The summed E-state index contributed by atoms with van der Waals surface area (Å²) in [6, 6.07) is 0.702. The number of ether oxygens (including phenoxy) is 1. The number of hydrogen-bond acceptors (Lipinski definition) is 4. The SMILES string of the molecule is CC(C)C1CNCCCN1CCN1CCOCC1. The molecule has 0 bridgehead atoms. The molecule has 4 heteroatoms. The van der Waals surface area contributed by atoms with Gasteiger partial charge >= 0.3 is 0 Å². The molecule has 1 atom stereocenters. The first-order chi connectivity index (χ1) is 8.77. The maximum Gasteiger partial charge on any atom is 0.0594 e. The largest absolute Gasteiger partial charge is 0.379 e. The summed E-state index contributed by atoms with van der Waals surface area (Å²) in [5, 5.41) is 3.57. The lowest BCUT2D eigenvalue weighted by molar-refractivity contribution is 0.0297. The zero-order valence-electron chi connectivity index (χ0n) is 12.0. The maximum atomic E-state index is 5.41. The summed E-state index contributed by atoms with van der Waals surface area (Å²) in [5.74, 6) is 0.736. The topological polar surface area (TPSA) is 27.7 Å². The summed E-state index contributed by atoms with van der Waals surface area (Å²) < 4.78 is 5.41. The highest BCUT2D eigenvalue weighted by molar-refractivity contribution is 4.81. The first-order valence-electron chi connectivity index (χ1n) is 7.52. The van der Waals surface area contributed by atoms with Gasteiger partial charge in [-0.1, -0.05) is 13.8 Å². The van der Waals surface area contributed by atoms with Gasteiger partial charge in [-0.2, -0.15) is 0 Å². The van der Waals surface area contributed by atoms with Gasteiger partial charge in [0.25, 0.3) is 0 Å². The van der Waals surface area contributed by atoms with E-state index >= 15 is 0 Å². The third-order valence-electron chi connectivity index (χ3n) is 4.20. The monoisotopic (exact) mass is 255 g/mol. The van der Waals surface area contributed by atoms with E-state index < -0.39 is 0 Å². The average molecular weight is 255 g/mol. The second kappa shape index (κ2) is 7.43. The van der Waals surface area contributed by atoms with E-state index in [9.17, 15) is 0 Å². The number of nitrogens with one attached hydrogen (secondary N) is 1. The normalized spacial score (nSPS) is 28.5. The highest BCUT2D eigenvalue weighted by Crippen LogP contribution is 2.13. The Morgan fingerprint density at radius 3 is 2.67 bits per heavy atom. The van der Waals surface area contributed by atoms with Crippen LogP contribution in [0.2, 0.25) is 0 Å². The van der Waals surface area contributed by atoms with Crippen molar-refractivity contribution >= 4 is 0 Å². The summed E-state index contributed by atoms with van der Waals surface area (Å²) in [4.78, 5) is 5.24. The molecule has 2 heterocycles. The fraction of sp³-hybridized carbons (Fsp3) is 1.00. The maximum absolute atomic E-state index is 5.41. The van der Waals surface area contributed by atoms with Crippen molar-refractivity contribution in [3.8, 4) is 0 Å². The lowest BCUT2D eigenvalue weighted by Crippen LogP contribution is -2.48. The highest BCUT2D eigenvalue weighted by atomic mass is 16.5. The van der Waals surface area contributed by atoms with Crippen LogP contribution in [0, 0.1) is 5.92 Å². The molecule has 2 aliphatic rings. The zero-order valence-corrected chi connectivity index (χ0v) is 12.0. The smallest absolute Gasteiger partial charge is 0.0594 e. The second-order valence-corrected chi connectivity index (χ2v) is 5.86. The van der Waals surface area contributed by atoms with Crippen LogP contribution in [-0.2, 0) is 4.74 Å². The molecule has 18 heavy (non-hydrogen) atoms. The van der Waals surface area contributed by atoms with Crippen LogP contribution in [0.1, 0.15) is 20.3 Å². The Kier molecular flexibility index (Phi) is 5.89. The van der Waals surface area contributed by atoms with E-state index in [-0.39, 0.29) is 0 Å². The fourth-order valence-corrected chi connectivity index (χ4v) is 2.98. The Balaban J connectivity index is 1.80. The number of rotatable bonds is 4. The molecule has 2 rings (SSSR count). The average Bonchev–Trinajstić information content (AvgIpc) is 2.63. The Morgan fingerprint density at radius 1 is 1.17 bits per heavy atom. The molecular formula is C14H29N3O. The van der Waals surface area contributed by atoms with Gasteiger partial charge in [0.1, 0.15) is 0 Å². The van der Waals surface area contributed by atoms with Crippen LogP contribution in [0.4, 0.5) is 0 Å². The van der Waals surface area contributed by atoms with Crippen molar-refractivity contribution in [2.75, 3.05) is 59.0 Å². The van der Waals surface area contributed by atoms with E-state index in [0.29, 0.717) is 6.04 Å². The summed E-state index contributed by atoms with van der Waals surface area (Å²) in [6.45, 7) is 14.7. The third-order valence-corrected chi connectivity index (χ3v) is 4.20. The standard InChI is InChI=1S/C14H29N3O/c1-13(2)14-12-15-4-3-5-17(14)7-6-16-8-10-18-11-9-16/h13-15H,3-12H2,1-2H3. The van der Waals surface area contributed by atoms with Crippen molar-refractivity contribution in [3.63, 3.8) is 0 Å². The molecule has 0 aromatic rings. The van der Waals surface area contributed by atoms with Crippen LogP contribution in [0.3, 0.4) is 0 Å². The molecule has 0 aromatic heterocycles. The van der Waals surface area contributed by atoms with Crippen LogP contribution >= 0.6 is 0 Å². The molecule has 2 saturated heterocycles. The molecule has 0 radical (unpaired) electrons. The first-order valence-corrected chi connectivity index (χ1v) is 7.52. The molecule has 106 valence electrons. The summed E-state index contributed by atoms with van der Waals surface area (Å²) in [7, 11) is 0. The van der Waals surface area contributed by atoms with Gasteiger partial charge in [-0.15, -0.1) is 0 Å². The Bertz CT molecular complexity index is 229. The Labute approximate surface area is 112 Å². The third kappa shape index (κ3) is 4.19. The van der Waals surface area contributed by atoms with Crippen LogP contribution in [0.25, 0.3) is 0 Å². The summed E-state index contributed by atoms with van der Waals surface area (Å²) in [5.41, 5.74) is 0. The van der Waals surface area contributed by atoms with Crippen LogP contribution in [0.15, 0.2) is 0 Å². The quantitative estimate of drug-likeness (QED) is 0.798. The van der Waals surface area contributed by atoms with Gasteiger partial charge in [0, 0.05) is 38.8 Å². The number of morpholine rings is 1. The van der Waals surface area contributed by atoms with Crippen molar-refractivity contribution in [2.24, 2.45) is 5.92 Å². The molecule has 4 nitrogen and oxygen atoms in total. The lowest BCUT2D eigenvalue weighted by Gasteiger charge is -2.35. The highest BCUT2D eigenvalue weighted by Gasteiger charge is 2.24. The van der Waals surface area contributed by atoms with Crippen LogP contribution in [-0.4, -0.2) is 74.9 Å². The van der Waals surface area contributed by atoms with Gasteiger partial charge in [-0.05, 0) is 25.4 Å². The minimum Gasteiger partial charge on any atom is -0.379 e. The van der Waals surface area contributed by atoms with E-state index in [1.54, 1.807) is 0 Å². The van der Waals surface area contributed by atoms with Crippen LogP contribution < -0.4 is 5.32 Å². The molecule has 0 amide bonds. The number of nitrogens with zero attached hydrogens (tertiary/aromatic N) is 2. The van der Waals surface area contributed by atoms with Gasteiger partial charge < -0.3 is 10.1 Å². The van der Waals surface area contributed by atoms with Crippen LogP contribution in [0.5, 0.6) is 0 Å². The second-order valence-electron chi connectivity index (χ2n) is 5.86. The molecule has 1 unspecified atom stereocenters. The predicted molar refractivity (Wildman–Crippen MR) is 74.9 cm³/mol. The number of hydrogen-bond donors (Lipinski definition) is 1. The lowest BCUT2D eigenvalue weighted by atomic mass is 10.0. The molecule has 0 saturated carbocycles. The Hall–Kier alpha value is -0.160. The van der Waals surface area contributed by atoms with E-state index in [0.717, 1.165) is 38.8 Å². The van der Waals surface area contributed by atoms with Crippen molar-refractivity contribution in [1.29, 1.82) is 0 Å². The van der Waals surface area contributed by atoms with Crippen molar-refractivity contribution in [1.82, 2.24) is 15.1 Å². The molecule has 2 aliphatic heterocycles. The van der Waals surface area contributed by atoms with Gasteiger partial charge in [-0.3, -0.25) is 9.80 Å². The molecule has 2 fully saturated rings. The molecule has 0 aliphatic carbocycles. The van der Waals surface area contributed by atoms with Gasteiger partial charge in [-0.25, -0.2) is 0 Å². The zero-order chi connectivity index (χ0) is 12.8.